The predicted molar refractivity (Wildman–Crippen MR) is 83.3 cm³/mol. The van der Waals surface area contributed by atoms with Gasteiger partial charge in [0.2, 0.25) is 5.91 Å². The summed E-state index contributed by atoms with van der Waals surface area (Å²) in [4.78, 5) is 25.7. The lowest BCUT2D eigenvalue weighted by Gasteiger charge is -2.26. The van der Waals surface area contributed by atoms with E-state index in [1.54, 1.807) is 17.3 Å². The molecule has 22 heavy (non-hydrogen) atoms. The standard InChI is InChI=1S/C17H24N2O3/c1-12-4-6-14(7-5-12)8-9-17(3)10-11-19(16(17)21)13(2)15(20)18-22/h4-7,13,22H,8-11H2,1-3H3,(H,18,20)/t13-,17?/m1/s1. The number of carbonyl (C=O) groups excluding carboxylic acids is 2. The van der Waals surface area contributed by atoms with Crippen LogP contribution >= 0.6 is 0 Å². The van der Waals surface area contributed by atoms with Gasteiger partial charge in [-0.25, -0.2) is 5.48 Å². The summed E-state index contributed by atoms with van der Waals surface area (Å²) in [5.41, 5.74) is 3.63. The lowest BCUT2D eigenvalue weighted by Crippen LogP contribution is -2.46. The summed E-state index contributed by atoms with van der Waals surface area (Å²) >= 11 is 0. The maximum atomic E-state index is 12.6. The number of nitrogens with one attached hydrogen (secondary N) is 1. The van der Waals surface area contributed by atoms with Crippen LogP contribution in [0, 0.1) is 12.3 Å². The van der Waals surface area contributed by atoms with Crippen LogP contribution in [0.4, 0.5) is 0 Å². The molecule has 0 radical (unpaired) electrons. The van der Waals surface area contributed by atoms with Gasteiger partial charge in [-0.2, -0.15) is 0 Å². The van der Waals surface area contributed by atoms with E-state index >= 15 is 0 Å². The minimum absolute atomic E-state index is 0.00397. The maximum Gasteiger partial charge on any atom is 0.265 e. The van der Waals surface area contributed by atoms with Crippen LogP contribution in [0.1, 0.15) is 37.8 Å². The molecule has 2 rings (SSSR count). The Morgan fingerprint density at radius 3 is 2.64 bits per heavy atom. The molecule has 0 bridgehead atoms. The topological polar surface area (TPSA) is 69.6 Å². The zero-order chi connectivity index (χ0) is 16.3. The first-order chi connectivity index (χ1) is 10.4. The molecule has 2 atom stereocenters. The number of likely N-dealkylation sites (tertiary alicyclic amines) is 1. The van der Waals surface area contributed by atoms with Crippen LogP contribution in [0.2, 0.25) is 0 Å². The van der Waals surface area contributed by atoms with Gasteiger partial charge in [0.1, 0.15) is 6.04 Å². The molecule has 1 saturated heterocycles. The van der Waals surface area contributed by atoms with Crippen LogP contribution in [-0.4, -0.2) is 34.5 Å². The summed E-state index contributed by atoms with van der Waals surface area (Å²) in [5.74, 6) is -0.549. The molecule has 1 unspecified atom stereocenters. The van der Waals surface area contributed by atoms with Gasteiger partial charge in [0.25, 0.3) is 5.91 Å². The molecule has 1 aromatic carbocycles. The number of nitrogens with zero attached hydrogens (tertiary/aromatic N) is 1. The third-order valence-electron chi connectivity index (χ3n) is 4.72. The molecule has 0 saturated carbocycles. The molecule has 0 aliphatic carbocycles. The Kier molecular flexibility index (Phi) is 4.86. The van der Waals surface area contributed by atoms with Crippen molar-refractivity contribution in [1.29, 1.82) is 0 Å². The van der Waals surface area contributed by atoms with Crippen molar-refractivity contribution in [3.05, 3.63) is 35.4 Å². The van der Waals surface area contributed by atoms with Crippen LogP contribution in [0.5, 0.6) is 0 Å². The number of aryl methyl sites for hydroxylation is 2. The molecule has 0 spiro atoms. The second-order valence-corrected chi connectivity index (χ2v) is 6.45. The van der Waals surface area contributed by atoms with E-state index in [1.807, 2.05) is 6.92 Å². The van der Waals surface area contributed by atoms with Crippen molar-refractivity contribution in [2.75, 3.05) is 6.54 Å². The highest BCUT2D eigenvalue weighted by Gasteiger charge is 2.45. The van der Waals surface area contributed by atoms with Crippen LogP contribution in [0.3, 0.4) is 0 Å². The molecular formula is C17H24N2O3. The molecule has 5 nitrogen and oxygen atoms in total. The Morgan fingerprint density at radius 2 is 2.05 bits per heavy atom. The Bertz CT molecular complexity index is 556. The fourth-order valence-electron chi connectivity index (χ4n) is 2.93. The highest BCUT2D eigenvalue weighted by molar-refractivity contribution is 5.90. The Balaban J connectivity index is 2.00. The summed E-state index contributed by atoms with van der Waals surface area (Å²) in [5, 5.41) is 8.72. The third kappa shape index (κ3) is 3.30. The summed E-state index contributed by atoms with van der Waals surface area (Å²) in [6, 6.07) is 7.70. The van der Waals surface area contributed by atoms with Gasteiger partial charge in [-0.3, -0.25) is 14.8 Å². The highest BCUT2D eigenvalue weighted by Crippen LogP contribution is 2.37. The van der Waals surface area contributed by atoms with E-state index in [4.69, 9.17) is 5.21 Å². The minimum Gasteiger partial charge on any atom is -0.330 e. The number of hydrogen-bond acceptors (Lipinski definition) is 3. The Labute approximate surface area is 131 Å². The van der Waals surface area contributed by atoms with Gasteiger partial charge in [-0.1, -0.05) is 36.8 Å². The largest absolute Gasteiger partial charge is 0.330 e. The number of hydrogen-bond donors (Lipinski definition) is 2. The number of carbonyl (C=O) groups is 2. The average Bonchev–Trinajstić information content (AvgIpc) is 2.81. The van der Waals surface area contributed by atoms with Gasteiger partial charge in [-0.15, -0.1) is 0 Å². The van der Waals surface area contributed by atoms with E-state index in [9.17, 15) is 9.59 Å². The fraction of sp³-hybridized carbons (Fsp3) is 0.529. The van der Waals surface area contributed by atoms with E-state index in [2.05, 4.69) is 31.2 Å². The van der Waals surface area contributed by atoms with Crippen molar-refractivity contribution in [3.8, 4) is 0 Å². The lowest BCUT2D eigenvalue weighted by molar-refractivity contribution is -0.145. The zero-order valence-corrected chi connectivity index (χ0v) is 13.4. The molecular weight excluding hydrogens is 280 g/mol. The van der Waals surface area contributed by atoms with Gasteiger partial charge >= 0.3 is 0 Å². The molecule has 1 heterocycles. The van der Waals surface area contributed by atoms with E-state index in [0.717, 1.165) is 19.3 Å². The first-order valence-electron chi connectivity index (χ1n) is 7.68. The number of rotatable bonds is 5. The fourth-order valence-corrected chi connectivity index (χ4v) is 2.93. The number of benzene rings is 1. The molecule has 1 aliphatic rings. The lowest BCUT2D eigenvalue weighted by atomic mass is 9.82. The van der Waals surface area contributed by atoms with Gasteiger partial charge in [-0.05, 0) is 38.7 Å². The molecule has 2 N–H and O–H groups in total. The van der Waals surface area contributed by atoms with Gasteiger partial charge in [0.15, 0.2) is 0 Å². The Hall–Kier alpha value is -1.88. The van der Waals surface area contributed by atoms with E-state index in [0.29, 0.717) is 6.54 Å². The zero-order valence-electron chi connectivity index (χ0n) is 13.4. The van der Waals surface area contributed by atoms with Crippen LogP contribution in [-0.2, 0) is 16.0 Å². The second-order valence-electron chi connectivity index (χ2n) is 6.45. The highest BCUT2D eigenvalue weighted by atomic mass is 16.5. The van der Waals surface area contributed by atoms with Crippen LogP contribution < -0.4 is 5.48 Å². The Morgan fingerprint density at radius 1 is 1.41 bits per heavy atom. The minimum atomic E-state index is -0.640. The molecule has 0 aromatic heterocycles. The van der Waals surface area contributed by atoms with E-state index in [1.165, 1.54) is 11.1 Å². The van der Waals surface area contributed by atoms with Crippen molar-refractivity contribution < 1.29 is 14.8 Å². The van der Waals surface area contributed by atoms with Crippen molar-refractivity contribution in [3.63, 3.8) is 0 Å². The molecule has 1 fully saturated rings. The van der Waals surface area contributed by atoms with Crippen LogP contribution in [0.15, 0.2) is 24.3 Å². The van der Waals surface area contributed by atoms with Crippen molar-refractivity contribution >= 4 is 11.8 Å². The van der Waals surface area contributed by atoms with E-state index in [-0.39, 0.29) is 5.91 Å². The van der Waals surface area contributed by atoms with Crippen molar-refractivity contribution in [2.24, 2.45) is 5.41 Å². The number of hydroxylamine groups is 1. The first-order valence-corrected chi connectivity index (χ1v) is 7.68. The van der Waals surface area contributed by atoms with Crippen molar-refractivity contribution in [2.45, 2.75) is 46.1 Å². The maximum absolute atomic E-state index is 12.6. The van der Waals surface area contributed by atoms with Gasteiger partial charge < -0.3 is 4.90 Å². The first kappa shape index (κ1) is 16.5. The van der Waals surface area contributed by atoms with Crippen molar-refractivity contribution in [1.82, 2.24) is 10.4 Å². The smallest absolute Gasteiger partial charge is 0.265 e. The number of amides is 2. The quantitative estimate of drug-likeness (QED) is 0.646. The van der Waals surface area contributed by atoms with E-state index < -0.39 is 17.4 Å². The molecule has 1 aromatic rings. The SMILES string of the molecule is Cc1ccc(CCC2(C)CCN([C@H](C)C(=O)NO)C2=O)cc1. The molecule has 5 heteroatoms. The summed E-state index contributed by atoms with van der Waals surface area (Å²) in [6.07, 6.45) is 2.34. The van der Waals surface area contributed by atoms with Gasteiger partial charge in [0.05, 0.1) is 0 Å². The van der Waals surface area contributed by atoms with Crippen LogP contribution in [0.25, 0.3) is 0 Å². The molecule has 1 aliphatic heterocycles. The summed E-state index contributed by atoms with van der Waals surface area (Å²) < 4.78 is 0. The average molecular weight is 304 g/mol. The molecule has 120 valence electrons. The predicted octanol–water partition coefficient (Wildman–Crippen LogP) is 2.06. The third-order valence-corrected chi connectivity index (χ3v) is 4.72. The normalized spacial score (nSPS) is 22.7. The molecule has 2 amide bonds. The van der Waals surface area contributed by atoms with Gasteiger partial charge in [0, 0.05) is 12.0 Å². The summed E-state index contributed by atoms with van der Waals surface area (Å²) in [7, 11) is 0. The second kappa shape index (κ2) is 6.48. The summed E-state index contributed by atoms with van der Waals surface area (Å²) in [6.45, 7) is 6.21. The monoisotopic (exact) mass is 304 g/mol.